The maximum Gasteiger partial charge on any atom is 0.254 e. The maximum absolute atomic E-state index is 13.5. The highest BCUT2D eigenvalue weighted by molar-refractivity contribution is 9.10. The second-order valence-electron chi connectivity index (χ2n) is 4.02. The fourth-order valence-electron chi connectivity index (χ4n) is 1.61. The lowest BCUT2D eigenvalue weighted by atomic mass is 10.2. The minimum atomic E-state index is -0.652. The molecular formula is C14H12BrFN2O2. The molecule has 1 amide bonds. The summed E-state index contributed by atoms with van der Waals surface area (Å²) in [6, 6.07) is 8.60. The Morgan fingerprint density at radius 2 is 2.10 bits per heavy atom. The monoisotopic (exact) mass is 338 g/mol. The molecule has 1 N–H and O–H groups in total. The van der Waals surface area contributed by atoms with Gasteiger partial charge in [0.25, 0.3) is 5.91 Å². The SMILES string of the molecule is COc1ccc(CNC(=O)c2cc(Br)ncc2F)cc1. The van der Waals surface area contributed by atoms with Gasteiger partial charge in [-0.3, -0.25) is 4.79 Å². The summed E-state index contributed by atoms with van der Waals surface area (Å²) < 4.78 is 18.9. The number of rotatable bonds is 4. The van der Waals surface area contributed by atoms with E-state index in [0.717, 1.165) is 17.5 Å². The lowest BCUT2D eigenvalue weighted by Gasteiger charge is -2.07. The smallest absolute Gasteiger partial charge is 0.254 e. The first-order valence-corrected chi connectivity index (χ1v) is 6.61. The van der Waals surface area contributed by atoms with E-state index < -0.39 is 11.7 Å². The molecule has 0 aliphatic carbocycles. The average Bonchev–Trinajstić information content (AvgIpc) is 2.47. The summed E-state index contributed by atoms with van der Waals surface area (Å²) in [6.45, 7) is 0.308. The van der Waals surface area contributed by atoms with Crippen molar-refractivity contribution >= 4 is 21.8 Å². The van der Waals surface area contributed by atoms with Crippen molar-refractivity contribution in [2.24, 2.45) is 0 Å². The first-order chi connectivity index (χ1) is 9.60. The molecule has 104 valence electrons. The molecule has 6 heteroatoms. The maximum atomic E-state index is 13.5. The average molecular weight is 339 g/mol. The van der Waals surface area contributed by atoms with Crippen LogP contribution >= 0.6 is 15.9 Å². The van der Waals surface area contributed by atoms with Crippen molar-refractivity contribution in [1.82, 2.24) is 10.3 Å². The van der Waals surface area contributed by atoms with E-state index in [1.165, 1.54) is 6.07 Å². The Morgan fingerprint density at radius 1 is 1.40 bits per heavy atom. The van der Waals surface area contributed by atoms with Crippen molar-refractivity contribution in [3.8, 4) is 5.75 Å². The Kier molecular flexibility index (Phi) is 4.68. The van der Waals surface area contributed by atoms with Gasteiger partial charge in [0.05, 0.1) is 18.9 Å². The molecule has 1 aromatic carbocycles. The van der Waals surface area contributed by atoms with Crippen LogP contribution in [0, 0.1) is 5.82 Å². The summed E-state index contributed by atoms with van der Waals surface area (Å²) in [7, 11) is 1.58. The molecule has 0 saturated heterocycles. The van der Waals surface area contributed by atoms with Crippen molar-refractivity contribution in [1.29, 1.82) is 0 Å². The zero-order chi connectivity index (χ0) is 14.5. The number of carbonyl (C=O) groups is 1. The standard InChI is InChI=1S/C14H12BrFN2O2/c1-20-10-4-2-9(3-5-10)7-18-14(19)11-6-13(15)17-8-12(11)16/h2-6,8H,7H2,1H3,(H,18,19). The zero-order valence-corrected chi connectivity index (χ0v) is 12.3. The number of hydrogen-bond donors (Lipinski definition) is 1. The van der Waals surface area contributed by atoms with E-state index >= 15 is 0 Å². The molecule has 1 aromatic heterocycles. The van der Waals surface area contributed by atoms with Crippen LogP contribution in [0.1, 0.15) is 15.9 Å². The van der Waals surface area contributed by atoms with Crippen molar-refractivity contribution in [2.45, 2.75) is 6.54 Å². The van der Waals surface area contributed by atoms with Gasteiger partial charge in [-0.1, -0.05) is 12.1 Å². The Labute approximate surface area is 124 Å². The highest BCUT2D eigenvalue weighted by Crippen LogP contribution is 2.13. The van der Waals surface area contributed by atoms with Crippen molar-refractivity contribution < 1.29 is 13.9 Å². The summed E-state index contributed by atoms with van der Waals surface area (Å²) in [5, 5.41) is 2.65. The molecule has 0 aliphatic rings. The Bertz CT molecular complexity index is 617. The van der Waals surface area contributed by atoms with Gasteiger partial charge in [-0.25, -0.2) is 9.37 Å². The van der Waals surface area contributed by atoms with Crippen LogP contribution in [0.2, 0.25) is 0 Å². The summed E-state index contributed by atoms with van der Waals surface area (Å²) in [5.41, 5.74) is 0.855. The van der Waals surface area contributed by atoms with Gasteiger partial charge in [0.2, 0.25) is 0 Å². The van der Waals surface area contributed by atoms with Crippen LogP contribution in [0.5, 0.6) is 5.75 Å². The summed E-state index contributed by atoms with van der Waals surface area (Å²) >= 11 is 3.10. The molecule has 0 saturated carbocycles. The van der Waals surface area contributed by atoms with Crippen LogP contribution in [0.3, 0.4) is 0 Å². The number of amides is 1. The lowest BCUT2D eigenvalue weighted by molar-refractivity contribution is 0.0946. The van der Waals surface area contributed by atoms with Gasteiger partial charge in [-0.15, -0.1) is 0 Å². The van der Waals surface area contributed by atoms with Crippen LogP contribution in [-0.2, 0) is 6.54 Å². The second-order valence-corrected chi connectivity index (χ2v) is 4.83. The van der Waals surface area contributed by atoms with Crippen molar-refractivity contribution in [2.75, 3.05) is 7.11 Å². The minimum Gasteiger partial charge on any atom is -0.497 e. The Morgan fingerprint density at radius 3 is 2.75 bits per heavy atom. The van der Waals surface area contributed by atoms with Crippen LogP contribution in [-0.4, -0.2) is 18.0 Å². The Hall–Kier alpha value is -1.95. The first-order valence-electron chi connectivity index (χ1n) is 5.82. The Balaban J connectivity index is 2.02. The molecule has 1 heterocycles. The molecule has 0 unspecified atom stereocenters. The molecule has 0 bridgehead atoms. The van der Waals surface area contributed by atoms with E-state index in [0.29, 0.717) is 11.1 Å². The number of ether oxygens (including phenoxy) is 1. The van der Waals surface area contributed by atoms with E-state index in [2.05, 4.69) is 26.2 Å². The van der Waals surface area contributed by atoms with Gasteiger partial charge in [0.1, 0.15) is 10.4 Å². The van der Waals surface area contributed by atoms with Gasteiger partial charge in [0.15, 0.2) is 5.82 Å². The van der Waals surface area contributed by atoms with E-state index in [1.807, 2.05) is 12.1 Å². The fraction of sp³-hybridized carbons (Fsp3) is 0.143. The predicted molar refractivity (Wildman–Crippen MR) is 76.1 cm³/mol. The summed E-state index contributed by atoms with van der Waals surface area (Å²) in [6.07, 6.45) is 1.01. The van der Waals surface area contributed by atoms with E-state index in [1.54, 1.807) is 19.2 Å². The number of aromatic nitrogens is 1. The molecule has 2 aromatic rings. The zero-order valence-electron chi connectivity index (χ0n) is 10.7. The lowest BCUT2D eigenvalue weighted by Crippen LogP contribution is -2.24. The van der Waals surface area contributed by atoms with Gasteiger partial charge in [0, 0.05) is 6.54 Å². The normalized spacial score (nSPS) is 10.2. The third kappa shape index (κ3) is 3.54. The molecule has 4 nitrogen and oxygen atoms in total. The van der Waals surface area contributed by atoms with E-state index in [-0.39, 0.29) is 5.56 Å². The largest absolute Gasteiger partial charge is 0.497 e. The number of benzene rings is 1. The molecule has 0 radical (unpaired) electrons. The van der Waals surface area contributed by atoms with Crippen LogP contribution in [0.25, 0.3) is 0 Å². The molecule has 0 fully saturated rings. The van der Waals surface area contributed by atoms with E-state index in [9.17, 15) is 9.18 Å². The summed E-state index contributed by atoms with van der Waals surface area (Å²) in [4.78, 5) is 15.6. The number of hydrogen-bond acceptors (Lipinski definition) is 3. The highest BCUT2D eigenvalue weighted by atomic mass is 79.9. The van der Waals surface area contributed by atoms with Crippen LogP contribution in [0.15, 0.2) is 41.1 Å². The number of nitrogens with one attached hydrogen (secondary N) is 1. The summed E-state index contributed by atoms with van der Waals surface area (Å²) in [5.74, 6) is -0.397. The van der Waals surface area contributed by atoms with Gasteiger partial charge >= 0.3 is 0 Å². The van der Waals surface area contributed by atoms with Crippen LogP contribution in [0.4, 0.5) is 4.39 Å². The van der Waals surface area contributed by atoms with Gasteiger partial charge in [-0.2, -0.15) is 0 Å². The molecule has 0 atom stereocenters. The van der Waals surface area contributed by atoms with Gasteiger partial charge in [-0.05, 0) is 39.7 Å². The molecular weight excluding hydrogens is 327 g/mol. The predicted octanol–water partition coefficient (Wildman–Crippen LogP) is 2.92. The van der Waals surface area contributed by atoms with Crippen LogP contribution < -0.4 is 10.1 Å². The number of methoxy groups -OCH3 is 1. The molecule has 0 aliphatic heterocycles. The number of carbonyl (C=O) groups excluding carboxylic acids is 1. The fourth-order valence-corrected chi connectivity index (χ4v) is 1.94. The van der Waals surface area contributed by atoms with Crippen molar-refractivity contribution in [3.05, 3.63) is 58.1 Å². The van der Waals surface area contributed by atoms with E-state index in [4.69, 9.17) is 4.74 Å². The highest BCUT2D eigenvalue weighted by Gasteiger charge is 2.12. The molecule has 2 rings (SSSR count). The number of nitrogens with zero attached hydrogens (tertiary/aromatic N) is 1. The number of halogens is 2. The quantitative estimate of drug-likeness (QED) is 0.872. The minimum absolute atomic E-state index is 0.0413. The second kappa shape index (κ2) is 6.47. The van der Waals surface area contributed by atoms with Gasteiger partial charge < -0.3 is 10.1 Å². The third-order valence-corrected chi connectivity index (χ3v) is 3.11. The molecule has 0 spiro atoms. The topological polar surface area (TPSA) is 51.2 Å². The van der Waals surface area contributed by atoms with Crippen molar-refractivity contribution in [3.63, 3.8) is 0 Å². The number of pyridine rings is 1. The first kappa shape index (κ1) is 14.5. The third-order valence-electron chi connectivity index (χ3n) is 2.68. The molecule has 20 heavy (non-hydrogen) atoms.